The second-order valence-corrected chi connectivity index (χ2v) is 3.68. The number of rotatable bonds is 1. The van der Waals surface area contributed by atoms with Crippen molar-refractivity contribution >= 4 is 11.0 Å². The molecule has 0 aliphatic carbocycles. The largest absolute Gasteiger partial charge is 0.508 e. The number of phenols is 1. The molecular formula is C13H10N2O. The van der Waals surface area contributed by atoms with Crippen LogP contribution in [0.5, 0.6) is 5.75 Å². The summed E-state index contributed by atoms with van der Waals surface area (Å²) in [5.74, 6) is 0.284. The average Bonchev–Trinajstić information content (AvgIpc) is 2.77. The van der Waals surface area contributed by atoms with Gasteiger partial charge in [0.1, 0.15) is 5.75 Å². The second-order valence-electron chi connectivity index (χ2n) is 3.68. The number of hydrogen-bond donors (Lipinski definition) is 2. The number of nitrogens with one attached hydrogen (secondary N) is 1. The minimum absolute atomic E-state index is 0.284. The Morgan fingerprint density at radius 2 is 1.69 bits per heavy atom. The monoisotopic (exact) mass is 210 g/mol. The number of fused-ring (bicyclic) bond motifs is 1. The zero-order valence-electron chi connectivity index (χ0n) is 8.51. The van der Waals surface area contributed by atoms with E-state index in [2.05, 4.69) is 16.0 Å². The molecule has 3 aromatic rings. The molecule has 2 N–H and O–H groups in total. The first-order valence-corrected chi connectivity index (χ1v) is 5.05. The molecule has 0 radical (unpaired) electrons. The second kappa shape index (κ2) is 3.38. The molecule has 0 unspecified atom stereocenters. The first kappa shape index (κ1) is 8.97. The van der Waals surface area contributed by atoms with Gasteiger partial charge >= 0.3 is 0 Å². The standard InChI is InChI=1S/C13H10N2O/c16-11-4-1-9(2-5-11)10-3-6-12-13(7-10)15-8-14-12/h1-8,16H,(H,14,15). The summed E-state index contributed by atoms with van der Waals surface area (Å²) in [5, 5.41) is 9.23. The van der Waals surface area contributed by atoms with Crippen molar-refractivity contribution in [1.29, 1.82) is 0 Å². The molecule has 3 heteroatoms. The lowest BCUT2D eigenvalue weighted by Gasteiger charge is -2.01. The summed E-state index contributed by atoms with van der Waals surface area (Å²) in [4.78, 5) is 7.25. The van der Waals surface area contributed by atoms with Crippen molar-refractivity contribution in [3.05, 3.63) is 48.8 Å². The quantitative estimate of drug-likeness (QED) is 0.648. The van der Waals surface area contributed by atoms with E-state index in [1.807, 2.05) is 24.3 Å². The van der Waals surface area contributed by atoms with E-state index >= 15 is 0 Å². The molecule has 2 aromatic carbocycles. The van der Waals surface area contributed by atoms with E-state index in [1.54, 1.807) is 18.5 Å². The van der Waals surface area contributed by atoms with Crippen LogP contribution in [-0.2, 0) is 0 Å². The van der Waals surface area contributed by atoms with E-state index in [9.17, 15) is 5.11 Å². The van der Waals surface area contributed by atoms with Crippen LogP contribution in [0.3, 0.4) is 0 Å². The Balaban J connectivity index is 2.14. The molecule has 0 atom stereocenters. The number of phenolic OH excluding ortho intramolecular Hbond substituents is 1. The smallest absolute Gasteiger partial charge is 0.115 e. The molecule has 0 spiro atoms. The highest BCUT2D eigenvalue weighted by Gasteiger charge is 2.00. The summed E-state index contributed by atoms with van der Waals surface area (Å²) in [7, 11) is 0. The minimum Gasteiger partial charge on any atom is -0.508 e. The molecule has 0 saturated carbocycles. The lowest BCUT2D eigenvalue weighted by molar-refractivity contribution is 0.475. The minimum atomic E-state index is 0.284. The molecule has 78 valence electrons. The number of H-pyrrole nitrogens is 1. The lowest BCUT2D eigenvalue weighted by Crippen LogP contribution is -1.77. The molecule has 1 aromatic heterocycles. The molecule has 0 bridgehead atoms. The van der Waals surface area contributed by atoms with Crippen molar-refractivity contribution in [2.24, 2.45) is 0 Å². The van der Waals surface area contributed by atoms with E-state index in [0.717, 1.165) is 22.2 Å². The molecule has 0 aliphatic heterocycles. The van der Waals surface area contributed by atoms with Gasteiger partial charge in [-0.05, 0) is 35.4 Å². The highest BCUT2D eigenvalue weighted by molar-refractivity contribution is 5.81. The van der Waals surface area contributed by atoms with Gasteiger partial charge in [0, 0.05) is 0 Å². The van der Waals surface area contributed by atoms with Crippen LogP contribution in [0.1, 0.15) is 0 Å². The maximum Gasteiger partial charge on any atom is 0.115 e. The highest BCUT2D eigenvalue weighted by Crippen LogP contribution is 2.24. The fourth-order valence-corrected chi connectivity index (χ4v) is 1.77. The van der Waals surface area contributed by atoms with E-state index in [1.165, 1.54) is 0 Å². The fraction of sp³-hybridized carbons (Fsp3) is 0. The fourth-order valence-electron chi connectivity index (χ4n) is 1.77. The van der Waals surface area contributed by atoms with Crippen molar-refractivity contribution < 1.29 is 5.11 Å². The van der Waals surface area contributed by atoms with Crippen LogP contribution in [0.4, 0.5) is 0 Å². The number of aromatic hydroxyl groups is 1. The molecule has 0 amide bonds. The van der Waals surface area contributed by atoms with Gasteiger partial charge in [-0.3, -0.25) is 0 Å². The average molecular weight is 210 g/mol. The highest BCUT2D eigenvalue weighted by atomic mass is 16.3. The van der Waals surface area contributed by atoms with Crippen LogP contribution >= 0.6 is 0 Å². The Bertz CT molecular complexity index is 626. The Hall–Kier alpha value is -2.29. The van der Waals surface area contributed by atoms with E-state index in [0.29, 0.717) is 0 Å². The van der Waals surface area contributed by atoms with E-state index < -0.39 is 0 Å². The lowest BCUT2D eigenvalue weighted by atomic mass is 10.1. The van der Waals surface area contributed by atoms with Crippen molar-refractivity contribution in [2.45, 2.75) is 0 Å². The van der Waals surface area contributed by atoms with Crippen LogP contribution in [-0.4, -0.2) is 15.1 Å². The van der Waals surface area contributed by atoms with Crippen LogP contribution in [0.2, 0.25) is 0 Å². The van der Waals surface area contributed by atoms with Crippen LogP contribution in [0.15, 0.2) is 48.8 Å². The zero-order valence-corrected chi connectivity index (χ0v) is 8.51. The number of aromatic amines is 1. The maximum atomic E-state index is 9.23. The summed E-state index contributed by atoms with van der Waals surface area (Å²) in [5.41, 5.74) is 4.17. The van der Waals surface area contributed by atoms with Crippen LogP contribution < -0.4 is 0 Å². The molecule has 3 rings (SSSR count). The molecule has 1 heterocycles. The zero-order chi connectivity index (χ0) is 11.0. The molecule has 16 heavy (non-hydrogen) atoms. The third kappa shape index (κ3) is 1.42. The predicted octanol–water partition coefficient (Wildman–Crippen LogP) is 2.94. The van der Waals surface area contributed by atoms with E-state index in [-0.39, 0.29) is 5.75 Å². The van der Waals surface area contributed by atoms with Gasteiger partial charge in [0.2, 0.25) is 0 Å². The molecule has 0 fully saturated rings. The Morgan fingerprint density at radius 3 is 2.50 bits per heavy atom. The summed E-state index contributed by atoms with van der Waals surface area (Å²) in [6.45, 7) is 0. The molecular weight excluding hydrogens is 200 g/mol. The summed E-state index contributed by atoms with van der Waals surface area (Å²) in [6, 6.07) is 13.2. The SMILES string of the molecule is Oc1ccc(-c2ccc3nc[nH]c3c2)cc1. The van der Waals surface area contributed by atoms with Gasteiger partial charge < -0.3 is 10.1 Å². The van der Waals surface area contributed by atoms with Crippen LogP contribution in [0.25, 0.3) is 22.2 Å². The van der Waals surface area contributed by atoms with Crippen molar-refractivity contribution in [3.8, 4) is 16.9 Å². The van der Waals surface area contributed by atoms with Crippen LogP contribution in [0, 0.1) is 0 Å². The maximum absolute atomic E-state index is 9.23. The number of imidazole rings is 1. The van der Waals surface area contributed by atoms with Crippen molar-refractivity contribution in [3.63, 3.8) is 0 Å². The van der Waals surface area contributed by atoms with E-state index in [4.69, 9.17) is 0 Å². The Kier molecular flexibility index (Phi) is 1.90. The predicted molar refractivity (Wildman–Crippen MR) is 63.2 cm³/mol. The van der Waals surface area contributed by atoms with Gasteiger partial charge in [0.05, 0.1) is 17.4 Å². The summed E-state index contributed by atoms with van der Waals surface area (Å²) < 4.78 is 0. The first-order chi connectivity index (χ1) is 7.83. The topological polar surface area (TPSA) is 48.9 Å². The van der Waals surface area contributed by atoms with Gasteiger partial charge in [0.25, 0.3) is 0 Å². The molecule has 3 nitrogen and oxygen atoms in total. The molecule has 0 saturated heterocycles. The molecule has 0 aliphatic rings. The number of hydrogen-bond acceptors (Lipinski definition) is 2. The Labute approximate surface area is 92.4 Å². The summed E-state index contributed by atoms with van der Waals surface area (Å²) in [6.07, 6.45) is 1.69. The summed E-state index contributed by atoms with van der Waals surface area (Å²) >= 11 is 0. The van der Waals surface area contributed by atoms with Crippen molar-refractivity contribution in [2.75, 3.05) is 0 Å². The number of benzene rings is 2. The third-order valence-corrected chi connectivity index (χ3v) is 2.62. The van der Waals surface area contributed by atoms with Gasteiger partial charge in [0.15, 0.2) is 0 Å². The van der Waals surface area contributed by atoms with Gasteiger partial charge in [-0.1, -0.05) is 18.2 Å². The van der Waals surface area contributed by atoms with Gasteiger partial charge in [-0.2, -0.15) is 0 Å². The Morgan fingerprint density at radius 1 is 0.938 bits per heavy atom. The third-order valence-electron chi connectivity index (χ3n) is 2.62. The van der Waals surface area contributed by atoms with Gasteiger partial charge in [-0.25, -0.2) is 4.98 Å². The number of aromatic nitrogens is 2. The van der Waals surface area contributed by atoms with Crippen molar-refractivity contribution in [1.82, 2.24) is 9.97 Å². The normalized spacial score (nSPS) is 10.8. The first-order valence-electron chi connectivity index (χ1n) is 5.05. The van der Waals surface area contributed by atoms with Gasteiger partial charge in [-0.15, -0.1) is 0 Å². The number of nitrogens with zero attached hydrogens (tertiary/aromatic N) is 1.